The summed E-state index contributed by atoms with van der Waals surface area (Å²) in [6, 6.07) is 28.4. The summed E-state index contributed by atoms with van der Waals surface area (Å²) in [5.74, 6) is -0.291. The third kappa shape index (κ3) is 8.68. The highest BCUT2D eigenvalue weighted by atomic mass is 35.5. The van der Waals surface area contributed by atoms with Gasteiger partial charge < -0.3 is 15.0 Å². The lowest BCUT2D eigenvalue weighted by atomic mass is 10.0. The van der Waals surface area contributed by atoms with Crippen molar-refractivity contribution in [3.8, 4) is 5.75 Å². The van der Waals surface area contributed by atoms with Gasteiger partial charge in [0.15, 0.2) is 0 Å². The molecule has 0 radical (unpaired) electrons. The van der Waals surface area contributed by atoms with Crippen molar-refractivity contribution in [2.45, 2.75) is 57.1 Å². The first kappa shape index (κ1) is 34.5. The average molecular weight is 662 g/mol. The minimum absolute atomic E-state index is 0.0224. The molecule has 0 heterocycles. The molecule has 242 valence electrons. The first-order valence-electron chi connectivity index (χ1n) is 15.1. The molecular weight excluding hydrogens is 622 g/mol. The van der Waals surface area contributed by atoms with Crippen molar-refractivity contribution in [1.82, 2.24) is 10.2 Å². The van der Waals surface area contributed by atoms with E-state index in [1.54, 1.807) is 49.6 Å². The van der Waals surface area contributed by atoms with Crippen LogP contribution in [0.1, 0.15) is 37.0 Å². The number of ether oxygens (including phenoxy) is 1. The number of carbonyl (C=O) groups is 2. The Balaban J connectivity index is 1.83. The van der Waals surface area contributed by atoms with E-state index in [2.05, 4.69) is 5.32 Å². The van der Waals surface area contributed by atoms with Crippen LogP contribution in [-0.2, 0) is 32.6 Å². The molecule has 0 spiro atoms. The Hall–Kier alpha value is -4.34. The minimum Gasteiger partial charge on any atom is -0.497 e. The first-order valence-corrected chi connectivity index (χ1v) is 17.0. The summed E-state index contributed by atoms with van der Waals surface area (Å²) < 4.78 is 34.7. The molecule has 0 aliphatic rings. The van der Waals surface area contributed by atoms with E-state index in [1.807, 2.05) is 63.2 Å². The molecule has 10 heteroatoms. The lowest BCUT2D eigenvalue weighted by molar-refractivity contribution is -0.140. The molecule has 0 bridgehead atoms. The Kier molecular flexibility index (Phi) is 11.8. The number of methoxy groups -OCH3 is 1. The molecule has 46 heavy (non-hydrogen) atoms. The van der Waals surface area contributed by atoms with Crippen molar-refractivity contribution in [3.63, 3.8) is 0 Å². The van der Waals surface area contributed by atoms with E-state index in [1.165, 1.54) is 23.1 Å². The van der Waals surface area contributed by atoms with Gasteiger partial charge in [0.2, 0.25) is 11.8 Å². The molecule has 2 atom stereocenters. The summed E-state index contributed by atoms with van der Waals surface area (Å²) in [6.45, 7) is 5.15. The molecule has 0 saturated carbocycles. The van der Waals surface area contributed by atoms with Gasteiger partial charge in [-0.1, -0.05) is 85.3 Å². The fourth-order valence-corrected chi connectivity index (χ4v) is 6.55. The van der Waals surface area contributed by atoms with Crippen LogP contribution < -0.4 is 14.4 Å². The molecule has 0 aromatic heterocycles. The van der Waals surface area contributed by atoms with Crippen molar-refractivity contribution in [3.05, 3.63) is 125 Å². The molecule has 4 aromatic carbocycles. The summed E-state index contributed by atoms with van der Waals surface area (Å²) in [7, 11) is -2.66. The number of sulfonamides is 1. The zero-order chi connectivity index (χ0) is 33.3. The monoisotopic (exact) mass is 661 g/mol. The van der Waals surface area contributed by atoms with E-state index in [0.717, 1.165) is 21.0 Å². The number of nitrogens with one attached hydrogen (secondary N) is 1. The van der Waals surface area contributed by atoms with E-state index in [4.69, 9.17) is 16.3 Å². The van der Waals surface area contributed by atoms with E-state index >= 15 is 0 Å². The summed E-state index contributed by atoms with van der Waals surface area (Å²) in [4.78, 5) is 30.0. The van der Waals surface area contributed by atoms with Gasteiger partial charge in [0.25, 0.3) is 10.0 Å². The predicted octanol–water partition coefficient (Wildman–Crippen LogP) is 6.41. The number of rotatable bonds is 14. The highest BCUT2D eigenvalue weighted by Gasteiger charge is 2.35. The number of hydrogen-bond acceptors (Lipinski definition) is 5. The smallest absolute Gasteiger partial charge is 0.264 e. The van der Waals surface area contributed by atoms with Gasteiger partial charge in [-0.05, 0) is 73.4 Å². The van der Waals surface area contributed by atoms with Crippen molar-refractivity contribution < 1.29 is 22.7 Å². The number of benzene rings is 4. The van der Waals surface area contributed by atoms with Crippen LogP contribution in [0.5, 0.6) is 5.75 Å². The fourth-order valence-electron chi connectivity index (χ4n) is 4.95. The molecule has 0 fully saturated rings. The minimum atomic E-state index is -4.22. The summed E-state index contributed by atoms with van der Waals surface area (Å²) in [6.07, 6.45) is 0.922. The summed E-state index contributed by atoms with van der Waals surface area (Å²) >= 11 is 6.45. The second-order valence-corrected chi connectivity index (χ2v) is 13.4. The van der Waals surface area contributed by atoms with Crippen LogP contribution in [-0.4, -0.2) is 50.9 Å². The van der Waals surface area contributed by atoms with E-state index in [0.29, 0.717) is 17.2 Å². The van der Waals surface area contributed by atoms with Gasteiger partial charge in [-0.2, -0.15) is 0 Å². The van der Waals surface area contributed by atoms with Gasteiger partial charge in [-0.3, -0.25) is 13.9 Å². The Labute approximate surface area is 277 Å². The number of amides is 2. The normalized spacial score (nSPS) is 12.5. The summed E-state index contributed by atoms with van der Waals surface area (Å²) in [5.41, 5.74) is 2.57. The number of anilines is 1. The number of carbonyl (C=O) groups excluding carboxylic acids is 2. The van der Waals surface area contributed by atoms with Crippen molar-refractivity contribution in [2.24, 2.45) is 0 Å². The predicted molar refractivity (Wildman–Crippen MR) is 183 cm³/mol. The van der Waals surface area contributed by atoms with Crippen LogP contribution in [0.15, 0.2) is 108 Å². The highest BCUT2D eigenvalue weighted by Crippen LogP contribution is 2.29. The number of aryl methyl sites for hydroxylation is 1. The maximum Gasteiger partial charge on any atom is 0.264 e. The molecule has 0 unspecified atom stereocenters. The number of nitrogens with zero attached hydrogens (tertiary/aromatic N) is 2. The van der Waals surface area contributed by atoms with Gasteiger partial charge in [0.05, 0.1) is 17.7 Å². The van der Waals surface area contributed by atoms with Crippen molar-refractivity contribution in [2.75, 3.05) is 18.0 Å². The first-order chi connectivity index (χ1) is 22.0. The zero-order valence-corrected chi connectivity index (χ0v) is 28.1. The lowest BCUT2D eigenvalue weighted by Gasteiger charge is -2.34. The van der Waals surface area contributed by atoms with Crippen LogP contribution in [0.4, 0.5) is 5.69 Å². The third-order valence-corrected chi connectivity index (χ3v) is 10.0. The van der Waals surface area contributed by atoms with Gasteiger partial charge >= 0.3 is 0 Å². The quantitative estimate of drug-likeness (QED) is 0.169. The average Bonchev–Trinajstić information content (AvgIpc) is 3.07. The summed E-state index contributed by atoms with van der Waals surface area (Å²) in [5, 5.41) is 3.40. The lowest BCUT2D eigenvalue weighted by Crippen LogP contribution is -2.54. The molecular formula is C36H40ClN3O5S. The molecule has 1 N–H and O–H groups in total. The van der Waals surface area contributed by atoms with E-state index < -0.39 is 28.5 Å². The second-order valence-electron chi connectivity index (χ2n) is 11.2. The molecule has 0 saturated heterocycles. The topological polar surface area (TPSA) is 96.0 Å². The number of hydrogen-bond donors (Lipinski definition) is 1. The standard InChI is InChI=1S/C36H40ClN3O5S/c1-5-27(3)38-36(42)34(22-28-13-8-6-9-14-28)39(24-29-15-12-16-31(21-29)45-4)35(41)25-40(30-20-19-26(2)33(37)23-30)46(43,44)32-17-10-7-11-18-32/h6-21,23,27,34H,5,22,24-25H2,1-4H3,(H,38,42)/t27-,34+/m0/s1. The van der Waals surface area contributed by atoms with Gasteiger partial charge in [0.1, 0.15) is 18.3 Å². The second kappa shape index (κ2) is 15.8. The van der Waals surface area contributed by atoms with Gasteiger partial charge in [0, 0.05) is 24.0 Å². The number of halogens is 1. The van der Waals surface area contributed by atoms with Crippen LogP contribution >= 0.6 is 11.6 Å². The Morgan fingerprint density at radius 2 is 1.54 bits per heavy atom. The SMILES string of the molecule is CC[C@H](C)NC(=O)[C@@H](Cc1ccccc1)N(Cc1cccc(OC)c1)C(=O)CN(c1ccc(C)c(Cl)c1)S(=O)(=O)c1ccccc1. The molecule has 2 amide bonds. The Morgan fingerprint density at radius 3 is 2.17 bits per heavy atom. The van der Waals surface area contributed by atoms with Crippen molar-refractivity contribution in [1.29, 1.82) is 0 Å². The van der Waals surface area contributed by atoms with Crippen LogP contribution in [0.3, 0.4) is 0 Å². The zero-order valence-electron chi connectivity index (χ0n) is 26.5. The van der Waals surface area contributed by atoms with Crippen molar-refractivity contribution >= 4 is 39.1 Å². The highest BCUT2D eigenvalue weighted by molar-refractivity contribution is 7.92. The van der Waals surface area contributed by atoms with Crippen LogP contribution in [0.2, 0.25) is 5.02 Å². The largest absolute Gasteiger partial charge is 0.497 e. The van der Waals surface area contributed by atoms with Crippen LogP contribution in [0, 0.1) is 6.92 Å². The Morgan fingerprint density at radius 1 is 0.891 bits per heavy atom. The molecule has 0 aliphatic carbocycles. The Bertz CT molecular complexity index is 1740. The van der Waals surface area contributed by atoms with Gasteiger partial charge in [-0.25, -0.2) is 8.42 Å². The molecule has 8 nitrogen and oxygen atoms in total. The van der Waals surface area contributed by atoms with E-state index in [9.17, 15) is 18.0 Å². The maximum atomic E-state index is 14.6. The van der Waals surface area contributed by atoms with Gasteiger partial charge in [-0.15, -0.1) is 0 Å². The molecule has 4 rings (SSSR count). The molecule has 4 aromatic rings. The maximum absolute atomic E-state index is 14.6. The third-order valence-electron chi connectivity index (χ3n) is 7.81. The fraction of sp³-hybridized carbons (Fsp3) is 0.278. The van der Waals surface area contributed by atoms with Crippen LogP contribution in [0.25, 0.3) is 0 Å². The van der Waals surface area contributed by atoms with E-state index in [-0.39, 0.29) is 35.5 Å². The molecule has 0 aliphatic heterocycles.